The molecule has 0 aromatic heterocycles. The lowest BCUT2D eigenvalue weighted by Gasteiger charge is -2.36. The van der Waals surface area contributed by atoms with Gasteiger partial charge in [0.25, 0.3) is 0 Å². The van der Waals surface area contributed by atoms with Crippen molar-refractivity contribution in [1.29, 1.82) is 0 Å². The third kappa shape index (κ3) is 4.15. The Morgan fingerprint density at radius 3 is 2.41 bits per heavy atom. The molecule has 2 unspecified atom stereocenters. The molecule has 0 aliphatic carbocycles. The fraction of sp³-hybridized carbons (Fsp3) is 0.368. The van der Waals surface area contributed by atoms with Gasteiger partial charge in [-0.15, -0.1) is 0 Å². The van der Waals surface area contributed by atoms with Gasteiger partial charge in [-0.05, 0) is 42.0 Å². The van der Waals surface area contributed by atoms with Gasteiger partial charge >= 0.3 is 0 Å². The first kappa shape index (κ1) is 15.2. The molecule has 2 N–H and O–H groups in total. The Morgan fingerprint density at radius 1 is 0.955 bits per heavy atom. The average molecular weight is 298 g/mol. The highest BCUT2D eigenvalue weighted by Gasteiger charge is 2.25. The van der Waals surface area contributed by atoms with Gasteiger partial charge in [0.1, 0.15) is 5.82 Å². The normalized spacial score (nSPS) is 22.6. The molecule has 3 rings (SSSR count). The Balaban J connectivity index is 1.62. The number of halogens is 1. The van der Waals surface area contributed by atoms with Gasteiger partial charge in [-0.1, -0.05) is 42.5 Å². The lowest BCUT2D eigenvalue weighted by atomic mass is 9.89. The zero-order valence-electron chi connectivity index (χ0n) is 12.8. The number of nitrogens with zero attached hydrogens (tertiary/aromatic N) is 1. The van der Waals surface area contributed by atoms with E-state index >= 15 is 0 Å². The molecular weight excluding hydrogens is 275 g/mol. The minimum absolute atomic E-state index is 0.171. The summed E-state index contributed by atoms with van der Waals surface area (Å²) in [5, 5.41) is 0. The molecule has 0 radical (unpaired) electrons. The Kier molecular flexibility index (Phi) is 4.86. The predicted octanol–water partition coefficient (Wildman–Crippen LogP) is 3.22. The molecule has 0 spiro atoms. The van der Waals surface area contributed by atoms with E-state index in [9.17, 15) is 4.39 Å². The summed E-state index contributed by atoms with van der Waals surface area (Å²) in [5.74, 6) is 0.368. The molecular formula is C19H23FN2. The third-order valence-corrected chi connectivity index (χ3v) is 4.33. The van der Waals surface area contributed by atoms with Gasteiger partial charge in [-0.3, -0.25) is 4.90 Å². The van der Waals surface area contributed by atoms with Crippen molar-refractivity contribution in [1.82, 2.24) is 4.90 Å². The van der Waals surface area contributed by atoms with Crippen LogP contribution in [0.15, 0.2) is 54.6 Å². The Labute approximate surface area is 131 Å². The molecule has 2 nitrogen and oxygen atoms in total. The molecule has 1 heterocycles. The second kappa shape index (κ2) is 7.03. The van der Waals surface area contributed by atoms with Crippen molar-refractivity contribution >= 4 is 0 Å². The predicted molar refractivity (Wildman–Crippen MR) is 87.9 cm³/mol. The standard InChI is InChI=1S/C19H23FN2/c20-18-8-6-15(7-9-18)10-17-11-19(21)14-22(13-17)12-16-4-2-1-3-5-16/h1-9,17,19H,10-14,21H2. The van der Waals surface area contributed by atoms with E-state index in [2.05, 4.69) is 29.2 Å². The summed E-state index contributed by atoms with van der Waals surface area (Å²) in [6.07, 6.45) is 2.02. The molecule has 1 aliphatic heterocycles. The maximum absolute atomic E-state index is 13.0. The minimum atomic E-state index is -0.171. The molecule has 0 saturated carbocycles. The van der Waals surface area contributed by atoms with Crippen LogP contribution in [0, 0.1) is 11.7 Å². The van der Waals surface area contributed by atoms with Crippen LogP contribution in [-0.4, -0.2) is 24.0 Å². The van der Waals surface area contributed by atoms with Gasteiger partial charge in [0.2, 0.25) is 0 Å². The fourth-order valence-corrected chi connectivity index (χ4v) is 3.42. The van der Waals surface area contributed by atoms with E-state index in [0.29, 0.717) is 5.92 Å². The quantitative estimate of drug-likeness (QED) is 0.939. The van der Waals surface area contributed by atoms with E-state index in [1.807, 2.05) is 18.2 Å². The van der Waals surface area contributed by atoms with Gasteiger partial charge in [-0.2, -0.15) is 0 Å². The maximum Gasteiger partial charge on any atom is 0.123 e. The third-order valence-electron chi connectivity index (χ3n) is 4.33. The average Bonchev–Trinajstić information content (AvgIpc) is 2.50. The lowest BCUT2D eigenvalue weighted by Crippen LogP contribution is -2.47. The highest BCUT2D eigenvalue weighted by Crippen LogP contribution is 2.22. The van der Waals surface area contributed by atoms with E-state index in [1.165, 1.54) is 11.1 Å². The van der Waals surface area contributed by atoms with Crippen molar-refractivity contribution in [2.75, 3.05) is 13.1 Å². The van der Waals surface area contributed by atoms with Crippen LogP contribution in [0.4, 0.5) is 4.39 Å². The molecule has 2 aromatic rings. The summed E-state index contributed by atoms with van der Waals surface area (Å²) in [4.78, 5) is 2.44. The molecule has 1 saturated heterocycles. The fourth-order valence-electron chi connectivity index (χ4n) is 3.42. The monoisotopic (exact) mass is 298 g/mol. The maximum atomic E-state index is 13.0. The lowest BCUT2D eigenvalue weighted by molar-refractivity contribution is 0.149. The zero-order valence-corrected chi connectivity index (χ0v) is 12.8. The number of hydrogen-bond acceptors (Lipinski definition) is 2. The highest BCUT2D eigenvalue weighted by atomic mass is 19.1. The number of nitrogens with two attached hydrogens (primary N) is 1. The van der Waals surface area contributed by atoms with Gasteiger partial charge < -0.3 is 5.73 Å². The van der Waals surface area contributed by atoms with Crippen molar-refractivity contribution in [3.63, 3.8) is 0 Å². The number of likely N-dealkylation sites (tertiary alicyclic amines) is 1. The van der Waals surface area contributed by atoms with Gasteiger partial charge in [0.15, 0.2) is 0 Å². The van der Waals surface area contributed by atoms with Crippen LogP contribution in [0.5, 0.6) is 0 Å². The minimum Gasteiger partial charge on any atom is -0.327 e. The molecule has 2 atom stereocenters. The molecule has 22 heavy (non-hydrogen) atoms. The van der Waals surface area contributed by atoms with Crippen molar-refractivity contribution in [3.8, 4) is 0 Å². The topological polar surface area (TPSA) is 29.3 Å². The van der Waals surface area contributed by atoms with Crippen LogP contribution >= 0.6 is 0 Å². The van der Waals surface area contributed by atoms with E-state index in [0.717, 1.165) is 32.5 Å². The summed E-state index contributed by atoms with van der Waals surface area (Å²) < 4.78 is 13.0. The largest absolute Gasteiger partial charge is 0.327 e. The van der Waals surface area contributed by atoms with Crippen LogP contribution in [0.2, 0.25) is 0 Å². The molecule has 1 fully saturated rings. The number of piperidine rings is 1. The zero-order chi connectivity index (χ0) is 15.4. The number of hydrogen-bond donors (Lipinski definition) is 1. The Bertz CT molecular complexity index is 582. The second-order valence-corrected chi connectivity index (χ2v) is 6.37. The summed E-state index contributed by atoms with van der Waals surface area (Å²) in [6.45, 7) is 2.96. The molecule has 2 aromatic carbocycles. The molecule has 3 heteroatoms. The van der Waals surface area contributed by atoms with Gasteiger partial charge in [0, 0.05) is 25.7 Å². The first-order valence-electron chi connectivity index (χ1n) is 7.95. The molecule has 0 bridgehead atoms. The van der Waals surface area contributed by atoms with Crippen LogP contribution in [0.3, 0.4) is 0 Å². The smallest absolute Gasteiger partial charge is 0.123 e. The Morgan fingerprint density at radius 2 is 1.68 bits per heavy atom. The van der Waals surface area contributed by atoms with Gasteiger partial charge in [-0.25, -0.2) is 4.39 Å². The van der Waals surface area contributed by atoms with Crippen molar-refractivity contribution in [2.24, 2.45) is 11.7 Å². The van der Waals surface area contributed by atoms with Crippen molar-refractivity contribution < 1.29 is 4.39 Å². The number of benzene rings is 2. The Hall–Kier alpha value is -1.71. The van der Waals surface area contributed by atoms with Crippen LogP contribution in [0.1, 0.15) is 17.5 Å². The van der Waals surface area contributed by atoms with E-state index in [4.69, 9.17) is 5.73 Å². The van der Waals surface area contributed by atoms with Crippen LogP contribution in [-0.2, 0) is 13.0 Å². The molecule has 1 aliphatic rings. The summed E-state index contributed by atoms with van der Waals surface area (Å²) >= 11 is 0. The first-order valence-corrected chi connectivity index (χ1v) is 7.95. The van der Waals surface area contributed by atoms with E-state index in [1.54, 1.807) is 12.1 Å². The van der Waals surface area contributed by atoms with Crippen LogP contribution < -0.4 is 5.73 Å². The van der Waals surface area contributed by atoms with Crippen LogP contribution in [0.25, 0.3) is 0 Å². The molecule has 0 amide bonds. The number of rotatable bonds is 4. The van der Waals surface area contributed by atoms with Gasteiger partial charge in [0.05, 0.1) is 0 Å². The van der Waals surface area contributed by atoms with Crippen molar-refractivity contribution in [3.05, 3.63) is 71.5 Å². The highest BCUT2D eigenvalue weighted by molar-refractivity contribution is 5.17. The molecule has 116 valence electrons. The SMILES string of the molecule is NC1CC(Cc2ccc(F)cc2)CN(Cc2ccccc2)C1. The first-order chi connectivity index (χ1) is 10.7. The van der Waals surface area contributed by atoms with E-state index in [-0.39, 0.29) is 11.9 Å². The van der Waals surface area contributed by atoms with Crippen molar-refractivity contribution in [2.45, 2.75) is 25.4 Å². The van der Waals surface area contributed by atoms with E-state index < -0.39 is 0 Å². The summed E-state index contributed by atoms with van der Waals surface area (Å²) in [7, 11) is 0. The summed E-state index contributed by atoms with van der Waals surface area (Å²) in [5.41, 5.74) is 8.77. The summed E-state index contributed by atoms with van der Waals surface area (Å²) in [6, 6.07) is 17.6. The second-order valence-electron chi connectivity index (χ2n) is 6.37.